The van der Waals surface area contributed by atoms with Gasteiger partial charge < -0.3 is 20.5 Å². The molecule has 7 heteroatoms. The summed E-state index contributed by atoms with van der Waals surface area (Å²) in [5.41, 5.74) is 4.54. The van der Waals surface area contributed by atoms with E-state index in [0.717, 1.165) is 41.5 Å². The Morgan fingerprint density at radius 3 is 2.09 bits per heavy atom. The van der Waals surface area contributed by atoms with Crippen molar-refractivity contribution in [2.45, 2.75) is 64.0 Å². The predicted octanol–water partition coefficient (Wildman–Crippen LogP) is 4.70. The molecular weight excluding hydrogens is 444 g/mol. The van der Waals surface area contributed by atoms with E-state index in [1.807, 2.05) is 24.3 Å². The standard InChI is InChI=1S/C28H34N2O5/c1-17(2)11-14-24(27(33)29-25(15-26(31)32)18-12-13-18)30-28(34)35-16-23-21-9-5-3-7-19(21)20-8-4-6-10-22(20)23/h3-10,17-18,23-25H,11-16H2,1-2H3,(H,29,33)(H,30,34)(H,31,32). The van der Waals surface area contributed by atoms with E-state index in [0.29, 0.717) is 12.3 Å². The van der Waals surface area contributed by atoms with E-state index >= 15 is 0 Å². The van der Waals surface area contributed by atoms with Gasteiger partial charge in [0.1, 0.15) is 12.6 Å². The maximum atomic E-state index is 13.0. The van der Waals surface area contributed by atoms with Gasteiger partial charge in [-0.15, -0.1) is 0 Å². The van der Waals surface area contributed by atoms with Crippen LogP contribution in [0.2, 0.25) is 0 Å². The van der Waals surface area contributed by atoms with Crippen LogP contribution >= 0.6 is 0 Å². The lowest BCUT2D eigenvalue weighted by Gasteiger charge is -2.23. The quantitative estimate of drug-likeness (QED) is 0.434. The molecule has 3 N–H and O–H groups in total. The van der Waals surface area contributed by atoms with Crippen molar-refractivity contribution in [1.29, 1.82) is 0 Å². The lowest BCUT2D eigenvalue weighted by Crippen LogP contribution is -2.51. The monoisotopic (exact) mass is 478 g/mol. The van der Waals surface area contributed by atoms with Crippen LogP contribution in [0.3, 0.4) is 0 Å². The zero-order valence-electron chi connectivity index (χ0n) is 20.3. The van der Waals surface area contributed by atoms with Gasteiger partial charge in [-0.1, -0.05) is 62.4 Å². The summed E-state index contributed by atoms with van der Waals surface area (Å²) in [6, 6.07) is 15.1. The molecule has 4 rings (SSSR count). The van der Waals surface area contributed by atoms with Gasteiger partial charge in [-0.05, 0) is 59.8 Å². The number of benzene rings is 2. The summed E-state index contributed by atoms with van der Waals surface area (Å²) < 4.78 is 5.63. The summed E-state index contributed by atoms with van der Waals surface area (Å²) in [4.78, 5) is 37.0. The molecule has 186 valence electrons. The summed E-state index contributed by atoms with van der Waals surface area (Å²) in [5, 5.41) is 14.8. The number of carboxylic acid groups (broad SMARTS) is 1. The molecule has 2 aromatic rings. The molecule has 0 bridgehead atoms. The van der Waals surface area contributed by atoms with Crippen molar-refractivity contribution in [2.24, 2.45) is 11.8 Å². The summed E-state index contributed by atoms with van der Waals surface area (Å²) in [5.74, 6) is -0.809. The van der Waals surface area contributed by atoms with Gasteiger partial charge >= 0.3 is 12.1 Å². The average Bonchev–Trinajstić information content (AvgIpc) is 3.62. The Balaban J connectivity index is 1.40. The van der Waals surface area contributed by atoms with Crippen LogP contribution in [0.15, 0.2) is 48.5 Å². The zero-order valence-corrected chi connectivity index (χ0v) is 20.3. The molecule has 0 aromatic heterocycles. The number of hydrogen-bond acceptors (Lipinski definition) is 4. The van der Waals surface area contributed by atoms with Crippen molar-refractivity contribution in [3.05, 3.63) is 59.7 Å². The van der Waals surface area contributed by atoms with Crippen LogP contribution in [0.25, 0.3) is 11.1 Å². The topological polar surface area (TPSA) is 105 Å². The number of ether oxygens (including phenoxy) is 1. The first kappa shape index (κ1) is 24.8. The lowest BCUT2D eigenvalue weighted by atomic mass is 9.98. The molecule has 2 aliphatic rings. The molecule has 1 fully saturated rings. The first-order valence-corrected chi connectivity index (χ1v) is 12.5. The number of aliphatic carboxylic acids is 1. The molecule has 2 aromatic carbocycles. The highest BCUT2D eigenvalue weighted by molar-refractivity contribution is 5.86. The lowest BCUT2D eigenvalue weighted by molar-refractivity contribution is -0.138. The van der Waals surface area contributed by atoms with E-state index < -0.39 is 24.1 Å². The van der Waals surface area contributed by atoms with Gasteiger partial charge in [0.25, 0.3) is 0 Å². The van der Waals surface area contributed by atoms with Crippen LogP contribution < -0.4 is 10.6 Å². The molecule has 2 amide bonds. The molecule has 0 aliphatic heterocycles. The van der Waals surface area contributed by atoms with Gasteiger partial charge in [0.15, 0.2) is 0 Å². The van der Waals surface area contributed by atoms with Gasteiger partial charge in [0.05, 0.1) is 6.42 Å². The van der Waals surface area contributed by atoms with Crippen LogP contribution in [0.5, 0.6) is 0 Å². The van der Waals surface area contributed by atoms with Crippen molar-refractivity contribution >= 4 is 18.0 Å². The molecule has 0 saturated heterocycles. The Hall–Kier alpha value is -3.35. The number of carbonyl (C=O) groups excluding carboxylic acids is 2. The van der Waals surface area contributed by atoms with E-state index in [1.165, 1.54) is 0 Å². The second kappa shape index (κ2) is 10.9. The molecule has 35 heavy (non-hydrogen) atoms. The second-order valence-electron chi connectivity index (χ2n) is 10.0. The number of nitrogens with one attached hydrogen (secondary N) is 2. The number of hydrogen-bond donors (Lipinski definition) is 3. The van der Waals surface area contributed by atoms with Crippen molar-refractivity contribution in [3.8, 4) is 11.1 Å². The smallest absolute Gasteiger partial charge is 0.407 e. The van der Waals surface area contributed by atoms with Gasteiger partial charge in [-0.3, -0.25) is 9.59 Å². The molecule has 1 saturated carbocycles. The van der Waals surface area contributed by atoms with Crippen molar-refractivity contribution in [1.82, 2.24) is 10.6 Å². The largest absolute Gasteiger partial charge is 0.481 e. The fourth-order valence-electron chi connectivity index (χ4n) is 4.86. The molecule has 7 nitrogen and oxygen atoms in total. The Bertz CT molecular complexity index is 1030. The summed E-state index contributed by atoms with van der Waals surface area (Å²) in [6.45, 7) is 4.28. The van der Waals surface area contributed by atoms with Gasteiger partial charge in [0.2, 0.25) is 5.91 Å². The average molecular weight is 479 g/mol. The van der Waals surface area contributed by atoms with Crippen LogP contribution in [0.1, 0.15) is 63.0 Å². The fourth-order valence-corrected chi connectivity index (χ4v) is 4.86. The molecule has 0 heterocycles. The van der Waals surface area contributed by atoms with Gasteiger partial charge in [0, 0.05) is 12.0 Å². The summed E-state index contributed by atoms with van der Waals surface area (Å²) in [6.07, 6.45) is 2.27. The second-order valence-corrected chi connectivity index (χ2v) is 10.0. The van der Waals surface area contributed by atoms with Crippen LogP contribution in [-0.4, -0.2) is 41.8 Å². The zero-order chi connectivity index (χ0) is 24.9. The highest BCUT2D eigenvalue weighted by Crippen LogP contribution is 2.44. The minimum Gasteiger partial charge on any atom is -0.481 e. The SMILES string of the molecule is CC(C)CCC(NC(=O)OCC1c2ccccc2-c2ccccc21)C(=O)NC(CC(=O)O)C1CC1. The van der Waals surface area contributed by atoms with E-state index in [-0.39, 0.29) is 30.8 Å². The third-order valence-electron chi connectivity index (χ3n) is 6.90. The summed E-state index contributed by atoms with van der Waals surface area (Å²) in [7, 11) is 0. The van der Waals surface area contributed by atoms with Crippen molar-refractivity contribution in [2.75, 3.05) is 6.61 Å². The normalized spacial score (nSPS) is 16.2. The third kappa shape index (κ3) is 6.21. The maximum Gasteiger partial charge on any atom is 0.407 e. The number of carbonyl (C=O) groups is 3. The Morgan fingerprint density at radius 2 is 1.54 bits per heavy atom. The number of amides is 2. The minimum absolute atomic E-state index is 0.0640. The van der Waals surface area contributed by atoms with E-state index in [9.17, 15) is 19.5 Å². The number of alkyl carbamates (subject to hydrolysis) is 1. The summed E-state index contributed by atoms with van der Waals surface area (Å²) >= 11 is 0. The predicted molar refractivity (Wildman–Crippen MR) is 133 cm³/mol. The maximum absolute atomic E-state index is 13.0. The minimum atomic E-state index is -0.939. The van der Waals surface area contributed by atoms with E-state index in [4.69, 9.17) is 4.74 Å². The third-order valence-corrected chi connectivity index (χ3v) is 6.90. The Kier molecular flexibility index (Phi) is 7.73. The van der Waals surface area contributed by atoms with E-state index in [2.05, 4.69) is 48.7 Å². The Labute approximate surface area is 206 Å². The van der Waals surface area contributed by atoms with Gasteiger partial charge in [-0.25, -0.2) is 4.79 Å². The van der Waals surface area contributed by atoms with Crippen molar-refractivity contribution < 1.29 is 24.2 Å². The molecule has 2 aliphatic carbocycles. The molecular formula is C28H34N2O5. The number of fused-ring (bicyclic) bond motifs is 3. The molecule has 2 atom stereocenters. The number of carboxylic acids is 1. The Morgan fingerprint density at radius 1 is 0.943 bits per heavy atom. The molecule has 0 spiro atoms. The van der Waals surface area contributed by atoms with Crippen LogP contribution in [-0.2, 0) is 14.3 Å². The van der Waals surface area contributed by atoms with Crippen LogP contribution in [0.4, 0.5) is 4.79 Å². The first-order valence-electron chi connectivity index (χ1n) is 12.5. The molecule has 2 unspecified atom stereocenters. The first-order chi connectivity index (χ1) is 16.8. The fraction of sp³-hybridized carbons (Fsp3) is 0.464. The molecule has 0 radical (unpaired) electrons. The van der Waals surface area contributed by atoms with Crippen LogP contribution in [0, 0.1) is 11.8 Å². The highest BCUT2D eigenvalue weighted by atomic mass is 16.5. The van der Waals surface area contributed by atoms with E-state index in [1.54, 1.807) is 0 Å². The highest BCUT2D eigenvalue weighted by Gasteiger charge is 2.35. The van der Waals surface area contributed by atoms with Crippen molar-refractivity contribution in [3.63, 3.8) is 0 Å². The number of rotatable bonds is 11. The van der Waals surface area contributed by atoms with Gasteiger partial charge in [-0.2, -0.15) is 0 Å².